The normalized spacial score (nSPS) is 14.7. The van der Waals surface area contributed by atoms with Crippen molar-refractivity contribution in [1.82, 2.24) is 4.57 Å². The van der Waals surface area contributed by atoms with Gasteiger partial charge in [0, 0.05) is 29.2 Å². The highest BCUT2D eigenvalue weighted by Crippen LogP contribution is 2.19. The number of hydrogen-bond acceptors (Lipinski definition) is 3. The number of Topliss-reactive ketones (excluding diaryl/α,β-unsaturated/α-hetero) is 1. The summed E-state index contributed by atoms with van der Waals surface area (Å²) in [6.07, 6.45) is 0.968. The fourth-order valence-corrected chi connectivity index (χ4v) is 4.56. The van der Waals surface area contributed by atoms with Crippen LogP contribution >= 0.6 is 0 Å². The monoisotopic (exact) mass is 418 g/mol. The Kier molecular flexibility index (Phi) is 6.42. The molecule has 0 bridgehead atoms. The van der Waals surface area contributed by atoms with Crippen LogP contribution in [0.2, 0.25) is 0 Å². The zero-order valence-corrected chi connectivity index (χ0v) is 18.5. The van der Waals surface area contributed by atoms with Crippen LogP contribution in [0.5, 0.6) is 5.75 Å². The summed E-state index contributed by atoms with van der Waals surface area (Å²) in [6, 6.07) is 19.9. The molecule has 3 aromatic rings. The van der Waals surface area contributed by atoms with E-state index in [9.17, 15) is 9.90 Å². The van der Waals surface area contributed by atoms with Crippen LogP contribution in [0, 0.1) is 13.8 Å². The quantitative estimate of drug-likeness (QED) is 0.580. The van der Waals surface area contributed by atoms with E-state index in [1.54, 1.807) is 12.1 Å². The molecule has 0 saturated carbocycles. The highest BCUT2D eigenvalue weighted by molar-refractivity contribution is 5.98. The Balaban J connectivity index is 1.34. The van der Waals surface area contributed by atoms with Crippen molar-refractivity contribution in [3.8, 4) is 5.75 Å². The number of phenols is 1. The summed E-state index contributed by atoms with van der Waals surface area (Å²) in [5, 5.41) is 9.48. The summed E-state index contributed by atoms with van der Waals surface area (Å²) < 4.78 is 2.28. The van der Waals surface area contributed by atoms with Crippen LogP contribution in [0.25, 0.3) is 0 Å². The molecule has 2 aromatic carbocycles. The first-order valence-corrected chi connectivity index (χ1v) is 11.1. The molecule has 0 atom stereocenters. The van der Waals surface area contributed by atoms with Crippen molar-refractivity contribution in [2.45, 2.75) is 26.8 Å². The summed E-state index contributed by atoms with van der Waals surface area (Å²) in [7, 11) is 0. The van der Waals surface area contributed by atoms with Gasteiger partial charge in [-0.2, -0.15) is 0 Å². The second-order valence-electron chi connectivity index (χ2n) is 8.53. The Bertz CT molecular complexity index is 1020. The van der Waals surface area contributed by atoms with Gasteiger partial charge in [0.25, 0.3) is 0 Å². The number of aromatic nitrogens is 1. The molecule has 0 radical (unpaired) electrons. The van der Waals surface area contributed by atoms with Gasteiger partial charge in [-0.1, -0.05) is 30.3 Å². The minimum atomic E-state index is 0.243. The van der Waals surface area contributed by atoms with Crippen LogP contribution in [-0.2, 0) is 13.0 Å². The van der Waals surface area contributed by atoms with Crippen LogP contribution in [0.4, 0.5) is 5.69 Å². The molecular weight excluding hydrogens is 386 g/mol. The second-order valence-corrected chi connectivity index (χ2v) is 8.53. The number of carbonyl (C=O) groups excluding carboxylic acids is 1. The van der Waals surface area contributed by atoms with E-state index in [4.69, 9.17) is 0 Å². The molecule has 0 unspecified atom stereocenters. The first-order chi connectivity index (χ1) is 15.0. The lowest BCUT2D eigenvalue weighted by molar-refractivity contribution is -0.892. The van der Waals surface area contributed by atoms with Gasteiger partial charge in [0.2, 0.25) is 5.78 Å². The Morgan fingerprint density at radius 3 is 2.35 bits per heavy atom. The fourth-order valence-electron chi connectivity index (χ4n) is 4.56. The van der Waals surface area contributed by atoms with E-state index in [-0.39, 0.29) is 5.78 Å². The SMILES string of the molecule is Cc1cc(C(=O)C[NH+]2CCN(c3ccc(O)cc3)CC2)c(C)n1CCc1ccccc1. The molecule has 4 rings (SSSR count). The minimum absolute atomic E-state index is 0.243. The molecule has 2 N–H and O–H groups in total. The van der Waals surface area contributed by atoms with Crippen LogP contribution in [0.3, 0.4) is 0 Å². The van der Waals surface area contributed by atoms with Crippen molar-refractivity contribution in [2.75, 3.05) is 37.6 Å². The van der Waals surface area contributed by atoms with Gasteiger partial charge in [0.05, 0.1) is 26.2 Å². The summed E-state index contributed by atoms with van der Waals surface area (Å²) in [5.41, 5.74) is 5.56. The Morgan fingerprint density at radius 2 is 1.68 bits per heavy atom. The number of piperazine rings is 1. The predicted octanol–water partition coefficient (Wildman–Crippen LogP) is 2.64. The first kappa shape index (κ1) is 21.2. The number of ketones is 1. The van der Waals surface area contributed by atoms with Crippen LogP contribution in [-0.4, -0.2) is 48.2 Å². The van der Waals surface area contributed by atoms with Gasteiger partial charge in [-0.05, 0) is 56.2 Å². The van der Waals surface area contributed by atoms with Crippen LogP contribution < -0.4 is 9.80 Å². The first-order valence-electron chi connectivity index (χ1n) is 11.1. The van der Waals surface area contributed by atoms with Crippen LogP contribution in [0.1, 0.15) is 27.3 Å². The number of benzene rings is 2. The molecule has 0 spiro atoms. The summed E-state index contributed by atoms with van der Waals surface area (Å²) in [4.78, 5) is 16.8. The van der Waals surface area contributed by atoms with Gasteiger partial charge < -0.3 is 19.5 Å². The molecule has 1 aliphatic heterocycles. The van der Waals surface area contributed by atoms with E-state index in [1.807, 2.05) is 18.2 Å². The predicted molar refractivity (Wildman–Crippen MR) is 124 cm³/mol. The van der Waals surface area contributed by atoms with E-state index < -0.39 is 0 Å². The number of quaternary nitrogens is 1. The van der Waals surface area contributed by atoms with Gasteiger partial charge in [-0.25, -0.2) is 0 Å². The Morgan fingerprint density at radius 1 is 1.00 bits per heavy atom. The average Bonchev–Trinajstić information content (AvgIpc) is 3.07. The molecule has 1 saturated heterocycles. The smallest absolute Gasteiger partial charge is 0.218 e. The van der Waals surface area contributed by atoms with E-state index in [0.717, 1.165) is 61.8 Å². The van der Waals surface area contributed by atoms with E-state index in [1.165, 1.54) is 10.5 Å². The average molecular weight is 419 g/mol. The standard InChI is InChI=1S/C26H31N3O2/c1-20-18-25(21(2)29(20)13-12-22-6-4-3-5-7-22)26(31)19-27-14-16-28(17-15-27)23-8-10-24(30)11-9-23/h3-11,18,30H,12-17,19H2,1-2H3/p+1. The molecule has 2 heterocycles. The third-order valence-corrected chi connectivity index (χ3v) is 6.44. The number of aryl methyl sites for hydroxylation is 2. The van der Waals surface area contributed by atoms with Crippen molar-refractivity contribution in [3.63, 3.8) is 0 Å². The number of carbonyl (C=O) groups is 1. The summed E-state index contributed by atoms with van der Waals surface area (Å²) in [5.74, 6) is 0.534. The highest BCUT2D eigenvalue weighted by atomic mass is 16.3. The number of aromatic hydroxyl groups is 1. The Hall–Kier alpha value is -3.05. The van der Waals surface area contributed by atoms with Gasteiger partial charge in [0.1, 0.15) is 12.3 Å². The zero-order chi connectivity index (χ0) is 21.8. The third kappa shape index (κ3) is 5.00. The third-order valence-electron chi connectivity index (χ3n) is 6.44. The van der Waals surface area contributed by atoms with E-state index in [0.29, 0.717) is 12.3 Å². The van der Waals surface area contributed by atoms with E-state index in [2.05, 4.69) is 53.6 Å². The lowest BCUT2D eigenvalue weighted by atomic mass is 10.1. The molecule has 0 amide bonds. The van der Waals surface area contributed by atoms with Crippen molar-refractivity contribution in [3.05, 3.63) is 83.2 Å². The van der Waals surface area contributed by atoms with E-state index >= 15 is 0 Å². The zero-order valence-electron chi connectivity index (χ0n) is 18.5. The molecule has 31 heavy (non-hydrogen) atoms. The number of rotatable bonds is 7. The fraction of sp³-hybridized carbons (Fsp3) is 0.346. The molecule has 1 aliphatic rings. The van der Waals surface area contributed by atoms with Gasteiger partial charge in [-0.3, -0.25) is 4.79 Å². The molecule has 5 nitrogen and oxygen atoms in total. The second kappa shape index (κ2) is 9.40. The van der Waals surface area contributed by atoms with Crippen LogP contribution in [0.15, 0.2) is 60.7 Å². The number of hydrogen-bond donors (Lipinski definition) is 2. The molecule has 1 fully saturated rings. The lowest BCUT2D eigenvalue weighted by Crippen LogP contribution is -3.15. The highest BCUT2D eigenvalue weighted by Gasteiger charge is 2.25. The molecule has 5 heteroatoms. The maximum absolute atomic E-state index is 13.1. The van der Waals surface area contributed by atoms with Crippen molar-refractivity contribution in [2.24, 2.45) is 0 Å². The molecule has 162 valence electrons. The van der Waals surface area contributed by atoms with Gasteiger partial charge >= 0.3 is 0 Å². The van der Waals surface area contributed by atoms with Crippen molar-refractivity contribution < 1.29 is 14.8 Å². The molecule has 0 aliphatic carbocycles. The van der Waals surface area contributed by atoms with Gasteiger partial charge in [-0.15, -0.1) is 0 Å². The lowest BCUT2D eigenvalue weighted by Gasteiger charge is -2.33. The largest absolute Gasteiger partial charge is 0.508 e. The summed E-state index contributed by atoms with van der Waals surface area (Å²) in [6.45, 7) is 9.34. The van der Waals surface area contributed by atoms with Gasteiger partial charge in [0.15, 0.2) is 0 Å². The minimum Gasteiger partial charge on any atom is -0.508 e. The topological polar surface area (TPSA) is 49.9 Å². The molecule has 1 aromatic heterocycles. The number of phenolic OH excluding ortho intramolecular Hbond substituents is 1. The Labute approximate surface area is 184 Å². The maximum Gasteiger partial charge on any atom is 0.218 e. The number of nitrogens with zero attached hydrogens (tertiary/aromatic N) is 2. The maximum atomic E-state index is 13.1. The van der Waals surface area contributed by atoms with Crippen molar-refractivity contribution >= 4 is 11.5 Å². The summed E-state index contributed by atoms with van der Waals surface area (Å²) >= 11 is 0. The number of nitrogens with one attached hydrogen (secondary N) is 1. The number of anilines is 1. The molecular formula is C26H32N3O2+. The van der Waals surface area contributed by atoms with Crippen molar-refractivity contribution in [1.29, 1.82) is 0 Å².